The Morgan fingerprint density at radius 2 is 2.12 bits per heavy atom. The molecule has 2 bridgehead atoms. The van der Waals surface area contributed by atoms with Gasteiger partial charge in [-0.2, -0.15) is 0 Å². The van der Waals surface area contributed by atoms with Crippen LogP contribution in [0.15, 0.2) is 36.6 Å². The van der Waals surface area contributed by atoms with Gasteiger partial charge in [-0.25, -0.2) is 0 Å². The van der Waals surface area contributed by atoms with Gasteiger partial charge < -0.3 is 9.47 Å². The van der Waals surface area contributed by atoms with Crippen molar-refractivity contribution in [3.05, 3.63) is 42.2 Å². The molecule has 2 aliphatic rings. The highest BCUT2D eigenvalue weighted by atomic mass is 16.6. The summed E-state index contributed by atoms with van der Waals surface area (Å²) in [5.41, 5.74) is 2.39. The number of rotatable bonds is 3. The monoisotopic (exact) mass is 230 g/mol. The van der Waals surface area contributed by atoms with E-state index < -0.39 is 0 Å². The molecule has 0 spiro atoms. The molecule has 0 amide bonds. The second-order valence-corrected chi connectivity index (χ2v) is 4.95. The van der Waals surface area contributed by atoms with Crippen molar-refractivity contribution in [1.82, 2.24) is 0 Å². The summed E-state index contributed by atoms with van der Waals surface area (Å²) in [7, 11) is 0. The van der Waals surface area contributed by atoms with Crippen molar-refractivity contribution in [1.29, 1.82) is 0 Å². The Bertz CT molecular complexity index is 410. The van der Waals surface area contributed by atoms with Crippen LogP contribution >= 0.6 is 0 Å². The van der Waals surface area contributed by atoms with Crippen molar-refractivity contribution in [2.45, 2.75) is 44.5 Å². The van der Waals surface area contributed by atoms with Gasteiger partial charge in [-0.05, 0) is 30.9 Å². The van der Waals surface area contributed by atoms with Crippen LogP contribution in [0.25, 0.3) is 5.57 Å². The molecule has 2 aliphatic heterocycles. The lowest BCUT2D eigenvalue weighted by atomic mass is 9.98. The summed E-state index contributed by atoms with van der Waals surface area (Å²) in [6.07, 6.45) is 6.38. The summed E-state index contributed by atoms with van der Waals surface area (Å²) < 4.78 is 11.6. The fourth-order valence-electron chi connectivity index (χ4n) is 2.69. The van der Waals surface area contributed by atoms with Gasteiger partial charge in [0, 0.05) is 6.42 Å². The summed E-state index contributed by atoms with van der Waals surface area (Å²) in [4.78, 5) is 0. The lowest BCUT2D eigenvalue weighted by molar-refractivity contribution is 0.0451. The predicted molar refractivity (Wildman–Crippen MR) is 67.5 cm³/mol. The molecule has 3 unspecified atom stereocenters. The lowest BCUT2D eigenvalue weighted by Gasteiger charge is -2.18. The molecular formula is C15H18O2. The summed E-state index contributed by atoms with van der Waals surface area (Å²) in [5, 5.41) is 0. The van der Waals surface area contributed by atoms with Crippen LogP contribution in [0.3, 0.4) is 0 Å². The summed E-state index contributed by atoms with van der Waals surface area (Å²) in [6.45, 7) is 2.09. The van der Waals surface area contributed by atoms with Gasteiger partial charge in [0.15, 0.2) is 0 Å². The molecule has 3 atom stereocenters. The number of allylic oxidation sites excluding steroid dienone is 1. The quantitative estimate of drug-likeness (QED) is 0.741. The van der Waals surface area contributed by atoms with Crippen LogP contribution in [-0.4, -0.2) is 18.3 Å². The minimum Gasteiger partial charge on any atom is -0.495 e. The molecule has 2 fully saturated rings. The Labute approximate surface area is 102 Å². The SMILES string of the molecule is C/C(=C/OC1CC2CCC1O2)c1ccccc1. The zero-order valence-corrected chi connectivity index (χ0v) is 10.1. The number of hydrogen-bond donors (Lipinski definition) is 0. The number of ether oxygens (including phenoxy) is 2. The highest BCUT2D eigenvalue weighted by molar-refractivity contribution is 5.62. The van der Waals surface area contributed by atoms with E-state index in [1.165, 1.54) is 17.6 Å². The van der Waals surface area contributed by atoms with Gasteiger partial charge in [0.1, 0.15) is 6.10 Å². The van der Waals surface area contributed by atoms with Gasteiger partial charge in [0.25, 0.3) is 0 Å². The minimum absolute atomic E-state index is 0.271. The first-order valence-electron chi connectivity index (χ1n) is 6.36. The van der Waals surface area contributed by atoms with E-state index in [9.17, 15) is 0 Å². The van der Waals surface area contributed by atoms with Crippen molar-refractivity contribution in [3.8, 4) is 0 Å². The van der Waals surface area contributed by atoms with Crippen molar-refractivity contribution < 1.29 is 9.47 Å². The first kappa shape index (κ1) is 10.8. The average Bonchev–Trinajstić information content (AvgIpc) is 2.99. The number of hydrogen-bond acceptors (Lipinski definition) is 2. The molecule has 17 heavy (non-hydrogen) atoms. The summed E-state index contributed by atoms with van der Waals surface area (Å²) in [6, 6.07) is 10.3. The van der Waals surface area contributed by atoms with Crippen LogP contribution in [0.5, 0.6) is 0 Å². The minimum atomic E-state index is 0.271. The molecule has 0 aromatic heterocycles. The number of fused-ring (bicyclic) bond motifs is 2. The summed E-state index contributed by atoms with van der Waals surface area (Å²) in [5.74, 6) is 0. The average molecular weight is 230 g/mol. The molecule has 1 aromatic rings. The Balaban J connectivity index is 1.63. The van der Waals surface area contributed by atoms with Gasteiger partial charge >= 0.3 is 0 Å². The van der Waals surface area contributed by atoms with E-state index in [2.05, 4.69) is 19.1 Å². The molecule has 3 rings (SSSR count). The first-order valence-corrected chi connectivity index (χ1v) is 6.36. The van der Waals surface area contributed by atoms with Crippen molar-refractivity contribution in [2.75, 3.05) is 0 Å². The standard InChI is InChI=1S/C15H18O2/c1-11(12-5-3-2-4-6-12)10-16-15-9-13-7-8-14(15)17-13/h2-6,10,13-15H,7-9H2,1H3/b11-10-. The van der Waals surface area contributed by atoms with Crippen molar-refractivity contribution in [3.63, 3.8) is 0 Å². The van der Waals surface area contributed by atoms with Crippen molar-refractivity contribution >= 4 is 5.57 Å². The zero-order valence-electron chi connectivity index (χ0n) is 10.1. The van der Waals surface area contributed by atoms with Crippen LogP contribution in [0.1, 0.15) is 31.7 Å². The molecule has 0 N–H and O–H groups in total. The predicted octanol–water partition coefficient (Wildman–Crippen LogP) is 3.38. The molecule has 0 aliphatic carbocycles. The molecule has 2 heteroatoms. The molecule has 2 heterocycles. The third-order valence-electron chi connectivity index (χ3n) is 3.70. The highest BCUT2D eigenvalue weighted by Gasteiger charge is 2.41. The summed E-state index contributed by atoms with van der Waals surface area (Å²) >= 11 is 0. The third-order valence-corrected chi connectivity index (χ3v) is 3.70. The fourth-order valence-corrected chi connectivity index (χ4v) is 2.69. The fraction of sp³-hybridized carbons (Fsp3) is 0.467. The van der Waals surface area contributed by atoms with E-state index in [4.69, 9.17) is 9.47 Å². The van der Waals surface area contributed by atoms with E-state index in [1.807, 2.05) is 24.5 Å². The maximum absolute atomic E-state index is 5.87. The Kier molecular flexibility index (Phi) is 2.89. The van der Waals surface area contributed by atoms with Gasteiger partial charge in [-0.15, -0.1) is 0 Å². The van der Waals surface area contributed by atoms with Crippen LogP contribution in [0.2, 0.25) is 0 Å². The van der Waals surface area contributed by atoms with E-state index in [-0.39, 0.29) is 6.10 Å². The second kappa shape index (κ2) is 4.53. The smallest absolute Gasteiger partial charge is 0.126 e. The Morgan fingerprint density at radius 3 is 2.76 bits per heavy atom. The topological polar surface area (TPSA) is 18.5 Å². The van der Waals surface area contributed by atoms with E-state index >= 15 is 0 Å². The molecule has 0 radical (unpaired) electrons. The first-order chi connectivity index (χ1) is 8.33. The maximum atomic E-state index is 5.87. The van der Waals surface area contributed by atoms with Gasteiger partial charge in [-0.1, -0.05) is 30.3 Å². The van der Waals surface area contributed by atoms with Crippen molar-refractivity contribution in [2.24, 2.45) is 0 Å². The van der Waals surface area contributed by atoms with E-state index in [0.717, 1.165) is 12.8 Å². The molecule has 1 aromatic carbocycles. The van der Waals surface area contributed by atoms with E-state index in [1.54, 1.807) is 0 Å². The molecule has 0 saturated carbocycles. The van der Waals surface area contributed by atoms with Crippen LogP contribution in [-0.2, 0) is 9.47 Å². The Morgan fingerprint density at radius 1 is 1.29 bits per heavy atom. The van der Waals surface area contributed by atoms with Crippen LogP contribution in [0.4, 0.5) is 0 Å². The lowest BCUT2D eigenvalue weighted by Crippen LogP contribution is -2.23. The molecule has 2 saturated heterocycles. The second-order valence-electron chi connectivity index (χ2n) is 4.95. The molecular weight excluding hydrogens is 212 g/mol. The zero-order chi connectivity index (χ0) is 11.7. The van der Waals surface area contributed by atoms with Crippen LogP contribution < -0.4 is 0 Å². The van der Waals surface area contributed by atoms with E-state index in [0.29, 0.717) is 12.2 Å². The van der Waals surface area contributed by atoms with Gasteiger partial charge in [-0.3, -0.25) is 0 Å². The van der Waals surface area contributed by atoms with Gasteiger partial charge in [0.05, 0.1) is 18.5 Å². The molecule has 2 nitrogen and oxygen atoms in total. The highest BCUT2D eigenvalue weighted by Crippen LogP contribution is 2.36. The maximum Gasteiger partial charge on any atom is 0.126 e. The normalized spacial score (nSPS) is 31.8. The largest absolute Gasteiger partial charge is 0.495 e. The molecule has 90 valence electrons. The van der Waals surface area contributed by atoms with Gasteiger partial charge in [0.2, 0.25) is 0 Å². The number of benzene rings is 1. The Hall–Kier alpha value is -1.28. The third kappa shape index (κ3) is 2.22. The van der Waals surface area contributed by atoms with Crippen LogP contribution in [0, 0.1) is 0 Å².